The number of nitrogens with zero attached hydrogens (tertiary/aromatic N) is 2. The van der Waals surface area contributed by atoms with Crippen LogP contribution in [0.4, 0.5) is 0 Å². The number of ether oxygens (including phenoxy) is 1. The van der Waals surface area contributed by atoms with E-state index in [1.807, 2.05) is 27.0 Å². The maximum absolute atomic E-state index is 6.27. The van der Waals surface area contributed by atoms with Gasteiger partial charge in [-0.15, -0.1) is 0 Å². The molecule has 0 aliphatic carbocycles. The molecule has 3 heteroatoms. The second kappa shape index (κ2) is 5.44. The number of aromatic nitrogens is 1. The van der Waals surface area contributed by atoms with E-state index >= 15 is 0 Å². The minimum absolute atomic E-state index is 0.00527. The second-order valence-electron chi connectivity index (χ2n) is 8.07. The Morgan fingerprint density at radius 2 is 1.79 bits per heavy atom. The van der Waals surface area contributed by atoms with Gasteiger partial charge in [-0.25, -0.2) is 4.99 Å². The maximum atomic E-state index is 6.27. The zero-order chi connectivity index (χ0) is 17.7. The summed E-state index contributed by atoms with van der Waals surface area (Å²) in [6, 6.07) is 8.49. The molecule has 0 fully saturated rings. The van der Waals surface area contributed by atoms with Crippen molar-refractivity contribution >= 4 is 5.71 Å². The summed E-state index contributed by atoms with van der Waals surface area (Å²) in [5.41, 5.74) is 5.89. The first-order valence-corrected chi connectivity index (χ1v) is 8.45. The molecule has 0 spiro atoms. The highest BCUT2D eigenvalue weighted by Crippen LogP contribution is 2.40. The van der Waals surface area contributed by atoms with Crippen molar-refractivity contribution in [3.8, 4) is 5.75 Å². The van der Waals surface area contributed by atoms with E-state index in [2.05, 4.69) is 56.9 Å². The largest absolute Gasteiger partial charge is 0.466 e. The number of fused-ring (bicyclic) bond motifs is 1. The van der Waals surface area contributed by atoms with Gasteiger partial charge in [0.1, 0.15) is 5.75 Å². The molecule has 24 heavy (non-hydrogen) atoms. The monoisotopic (exact) mass is 322 g/mol. The number of aryl methyl sites for hydroxylation is 2. The Morgan fingerprint density at radius 3 is 2.42 bits per heavy atom. The van der Waals surface area contributed by atoms with Gasteiger partial charge in [0.15, 0.2) is 5.72 Å². The summed E-state index contributed by atoms with van der Waals surface area (Å²) in [6.45, 7) is 14.8. The van der Waals surface area contributed by atoms with Crippen molar-refractivity contribution < 1.29 is 4.74 Å². The molecule has 0 N–H and O–H groups in total. The number of pyridine rings is 1. The van der Waals surface area contributed by atoms with E-state index in [4.69, 9.17) is 9.73 Å². The predicted molar refractivity (Wildman–Crippen MR) is 99.2 cm³/mol. The van der Waals surface area contributed by atoms with Crippen LogP contribution in [0.25, 0.3) is 0 Å². The lowest BCUT2D eigenvalue weighted by molar-refractivity contribution is 0.112. The fraction of sp³-hybridized carbons (Fsp3) is 0.429. The first-order valence-electron chi connectivity index (χ1n) is 8.45. The lowest BCUT2D eigenvalue weighted by Crippen LogP contribution is -2.34. The number of rotatable bonds is 1. The Bertz CT molecular complexity index is 826. The van der Waals surface area contributed by atoms with Crippen LogP contribution in [-0.4, -0.2) is 16.4 Å². The molecule has 1 aromatic carbocycles. The molecule has 0 unspecified atom stereocenters. The van der Waals surface area contributed by atoms with Crippen molar-refractivity contribution in [3.05, 3.63) is 58.4 Å². The minimum atomic E-state index is -0.595. The smallest absolute Gasteiger partial charge is 0.195 e. The van der Waals surface area contributed by atoms with Gasteiger partial charge in [0, 0.05) is 28.6 Å². The molecule has 0 amide bonds. The van der Waals surface area contributed by atoms with Gasteiger partial charge in [-0.3, -0.25) is 4.98 Å². The lowest BCUT2D eigenvalue weighted by atomic mass is 9.83. The summed E-state index contributed by atoms with van der Waals surface area (Å²) >= 11 is 0. The van der Waals surface area contributed by atoms with E-state index < -0.39 is 5.72 Å². The van der Waals surface area contributed by atoms with Gasteiger partial charge in [0.2, 0.25) is 0 Å². The average Bonchev–Trinajstić information content (AvgIpc) is 2.46. The topological polar surface area (TPSA) is 34.5 Å². The zero-order valence-corrected chi connectivity index (χ0v) is 15.7. The van der Waals surface area contributed by atoms with Crippen molar-refractivity contribution in [1.82, 2.24) is 4.98 Å². The third kappa shape index (κ3) is 2.95. The Hall–Kier alpha value is -2.16. The van der Waals surface area contributed by atoms with E-state index in [0.29, 0.717) is 0 Å². The summed E-state index contributed by atoms with van der Waals surface area (Å²) in [7, 11) is 0. The average molecular weight is 322 g/mol. The van der Waals surface area contributed by atoms with Crippen molar-refractivity contribution in [2.45, 2.75) is 59.6 Å². The lowest BCUT2D eigenvalue weighted by Gasteiger charge is -2.34. The van der Waals surface area contributed by atoms with Crippen LogP contribution in [0.3, 0.4) is 0 Å². The summed E-state index contributed by atoms with van der Waals surface area (Å²) in [4.78, 5) is 9.40. The van der Waals surface area contributed by atoms with E-state index in [1.54, 1.807) is 0 Å². The molecule has 1 aromatic heterocycles. The number of benzene rings is 1. The van der Waals surface area contributed by atoms with Crippen molar-refractivity contribution in [1.29, 1.82) is 0 Å². The van der Waals surface area contributed by atoms with Crippen LogP contribution >= 0.6 is 0 Å². The molecule has 1 aliphatic rings. The molecule has 2 heterocycles. The van der Waals surface area contributed by atoms with Crippen molar-refractivity contribution in [2.75, 3.05) is 0 Å². The molecule has 1 aliphatic heterocycles. The van der Waals surface area contributed by atoms with Gasteiger partial charge in [0.25, 0.3) is 0 Å². The fourth-order valence-electron chi connectivity index (χ4n) is 3.02. The van der Waals surface area contributed by atoms with Crippen LogP contribution in [0, 0.1) is 13.8 Å². The summed E-state index contributed by atoms with van der Waals surface area (Å²) in [5, 5.41) is 0. The van der Waals surface area contributed by atoms with Crippen molar-refractivity contribution in [2.24, 2.45) is 4.99 Å². The fourth-order valence-corrected chi connectivity index (χ4v) is 3.02. The molecule has 3 rings (SSSR count). The van der Waals surface area contributed by atoms with Crippen LogP contribution in [0.2, 0.25) is 0 Å². The SMILES string of the molecule is Cc1cc(C2=NC(C)(C)Oc3c2cccc3C(C)(C)C)cnc1C. The van der Waals surface area contributed by atoms with Crippen LogP contribution in [0.15, 0.2) is 35.5 Å². The summed E-state index contributed by atoms with van der Waals surface area (Å²) < 4.78 is 6.27. The molecule has 0 atom stereocenters. The first kappa shape index (κ1) is 16.7. The number of aliphatic imine (C=N–C) groups is 1. The van der Waals surface area contributed by atoms with E-state index in [0.717, 1.165) is 28.3 Å². The second-order valence-corrected chi connectivity index (χ2v) is 8.07. The molecule has 0 saturated carbocycles. The maximum Gasteiger partial charge on any atom is 0.195 e. The van der Waals surface area contributed by atoms with Gasteiger partial charge < -0.3 is 4.74 Å². The van der Waals surface area contributed by atoms with Crippen molar-refractivity contribution in [3.63, 3.8) is 0 Å². The highest BCUT2D eigenvalue weighted by Gasteiger charge is 2.33. The zero-order valence-electron chi connectivity index (χ0n) is 15.7. The normalized spacial score (nSPS) is 16.2. The number of hydrogen-bond acceptors (Lipinski definition) is 3. The number of para-hydroxylation sites is 1. The van der Waals surface area contributed by atoms with Gasteiger partial charge in [0.05, 0.1) is 5.71 Å². The van der Waals surface area contributed by atoms with Crippen LogP contribution in [0.1, 0.15) is 62.6 Å². The van der Waals surface area contributed by atoms with Gasteiger partial charge in [-0.1, -0.05) is 32.9 Å². The minimum Gasteiger partial charge on any atom is -0.466 e. The van der Waals surface area contributed by atoms with Gasteiger partial charge in [-0.05, 0) is 50.8 Å². The molecule has 0 radical (unpaired) electrons. The first-order chi connectivity index (χ1) is 11.1. The third-order valence-corrected chi connectivity index (χ3v) is 4.42. The summed E-state index contributed by atoms with van der Waals surface area (Å²) in [5.74, 6) is 0.943. The predicted octanol–water partition coefficient (Wildman–Crippen LogP) is 4.96. The quantitative estimate of drug-likeness (QED) is 0.743. The van der Waals surface area contributed by atoms with Crippen LogP contribution < -0.4 is 4.74 Å². The Kier molecular flexibility index (Phi) is 3.78. The van der Waals surface area contributed by atoms with Crippen LogP contribution in [0.5, 0.6) is 5.75 Å². The molecular formula is C21H26N2O. The molecular weight excluding hydrogens is 296 g/mol. The Labute approximate surface area is 144 Å². The van der Waals surface area contributed by atoms with Crippen LogP contribution in [-0.2, 0) is 5.41 Å². The summed E-state index contributed by atoms with van der Waals surface area (Å²) in [6.07, 6.45) is 1.91. The Balaban J connectivity index is 2.25. The standard InChI is InChI=1S/C21H26N2O/c1-13-11-15(12-22-14(13)2)18-16-9-8-10-17(20(3,4)5)19(16)24-21(6,7)23-18/h8-12H,1-7H3. The van der Waals surface area contributed by atoms with E-state index in [9.17, 15) is 0 Å². The van der Waals surface area contributed by atoms with Gasteiger partial charge >= 0.3 is 0 Å². The van der Waals surface area contributed by atoms with E-state index in [-0.39, 0.29) is 5.41 Å². The molecule has 0 saturated heterocycles. The third-order valence-electron chi connectivity index (χ3n) is 4.42. The molecule has 3 nitrogen and oxygen atoms in total. The highest BCUT2D eigenvalue weighted by atomic mass is 16.5. The van der Waals surface area contributed by atoms with Gasteiger partial charge in [-0.2, -0.15) is 0 Å². The molecule has 0 bridgehead atoms. The highest BCUT2D eigenvalue weighted by molar-refractivity contribution is 6.15. The van der Waals surface area contributed by atoms with E-state index in [1.165, 1.54) is 11.1 Å². The molecule has 2 aromatic rings. The Morgan fingerprint density at radius 1 is 1.08 bits per heavy atom. The number of hydrogen-bond donors (Lipinski definition) is 0. The molecule has 126 valence electrons.